The first kappa shape index (κ1) is 11.9. The normalized spacial score (nSPS) is 11.0. The third kappa shape index (κ3) is 9.92. The minimum absolute atomic E-state index is 0.787. The summed E-state index contributed by atoms with van der Waals surface area (Å²) >= 11 is 0. The van der Waals surface area contributed by atoms with Gasteiger partial charge in [-0.25, -0.2) is 0 Å². The molecule has 74 valence electrons. The van der Waals surface area contributed by atoms with E-state index in [1.807, 2.05) is 0 Å². The number of hydrogen-bond donors (Lipinski definition) is 1. The van der Waals surface area contributed by atoms with Crippen molar-refractivity contribution in [1.82, 2.24) is 0 Å². The van der Waals surface area contributed by atoms with Crippen molar-refractivity contribution in [2.45, 2.75) is 39.5 Å². The molecule has 0 aliphatic heterocycles. The van der Waals surface area contributed by atoms with Gasteiger partial charge in [0.25, 0.3) is 0 Å². The Morgan fingerprint density at radius 2 is 1.75 bits per heavy atom. The Bertz CT molecular complexity index is 83.9. The van der Waals surface area contributed by atoms with E-state index in [2.05, 4.69) is 13.8 Å². The van der Waals surface area contributed by atoms with E-state index >= 15 is 0 Å². The molecule has 0 atom stereocenters. The monoisotopic (exact) mass is 173 g/mol. The lowest BCUT2D eigenvalue weighted by Gasteiger charge is -2.05. The maximum absolute atomic E-state index is 5.43. The fourth-order valence-electron chi connectivity index (χ4n) is 1.04. The Morgan fingerprint density at radius 1 is 1.08 bits per heavy atom. The molecule has 0 rings (SSSR count). The van der Waals surface area contributed by atoms with Gasteiger partial charge in [-0.1, -0.05) is 13.8 Å². The molecule has 0 amide bonds. The van der Waals surface area contributed by atoms with Crippen LogP contribution in [-0.2, 0) is 4.74 Å². The average molecular weight is 173 g/mol. The van der Waals surface area contributed by atoms with Crippen molar-refractivity contribution in [2.75, 3.05) is 19.8 Å². The van der Waals surface area contributed by atoms with Gasteiger partial charge in [-0.05, 0) is 38.1 Å². The summed E-state index contributed by atoms with van der Waals surface area (Å²) in [5.74, 6) is 0.803. The Hall–Kier alpha value is -0.0800. The summed E-state index contributed by atoms with van der Waals surface area (Å²) in [7, 11) is 0. The smallest absolute Gasteiger partial charge is 0.0466 e. The van der Waals surface area contributed by atoms with Gasteiger partial charge in [0.1, 0.15) is 0 Å². The number of nitrogens with two attached hydrogens (primary N) is 1. The van der Waals surface area contributed by atoms with Crippen LogP contribution in [0.5, 0.6) is 0 Å². The molecule has 0 aliphatic carbocycles. The van der Waals surface area contributed by atoms with Crippen LogP contribution in [0, 0.1) is 5.92 Å². The first-order valence-electron chi connectivity index (χ1n) is 5.05. The van der Waals surface area contributed by atoms with E-state index in [4.69, 9.17) is 10.5 Å². The summed E-state index contributed by atoms with van der Waals surface area (Å²) < 4.78 is 5.43. The van der Waals surface area contributed by atoms with Gasteiger partial charge in [0, 0.05) is 13.2 Å². The highest BCUT2D eigenvalue weighted by atomic mass is 16.5. The molecule has 2 nitrogen and oxygen atoms in total. The lowest BCUT2D eigenvalue weighted by molar-refractivity contribution is 0.124. The Labute approximate surface area is 76.5 Å². The van der Waals surface area contributed by atoms with E-state index in [0.717, 1.165) is 38.5 Å². The highest BCUT2D eigenvalue weighted by Gasteiger charge is 1.93. The minimum atomic E-state index is 0.787. The molecule has 0 bridgehead atoms. The average Bonchev–Trinajstić information content (AvgIpc) is 2.02. The standard InChI is InChI=1S/C10H23NO/c1-10(2)6-5-9-12-8-4-3-7-11/h10H,3-9,11H2,1-2H3. The SMILES string of the molecule is CC(C)CCCOCCCCN. The zero-order valence-electron chi connectivity index (χ0n) is 8.51. The van der Waals surface area contributed by atoms with E-state index in [0.29, 0.717) is 0 Å². The Balaban J connectivity index is 2.82. The zero-order valence-corrected chi connectivity index (χ0v) is 8.51. The van der Waals surface area contributed by atoms with Gasteiger partial charge < -0.3 is 10.5 Å². The Kier molecular flexibility index (Phi) is 8.95. The second-order valence-corrected chi connectivity index (χ2v) is 3.64. The number of ether oxygens (including phenoxy) is 1. The van der Waals surface area contributed by atoms with Gasteiger partial charge in [-0.2, -0.15) is 0 Å². The fraction of sp³-hybridized carbons (Fsp3) is 1.00. The summed E-state index contributed by atoms with van der Waals surface area (Å²) in [6.45, 7) is 7.08. The van der Waals surface area contributed by atoms with Crippen LogP contribution in [0.4, 0.5) is 0 Å². The topological polar surface area (TPSA) is 35.2 Å². The number of hydrogen-bond acceptors (Lipinski definition) is 2. The third-order valence-corrected chi connectivity index (χ3v) is 1.81. The number of unbranched alkanes of at least 4 members (excludes halogenated alkanes) is 1. The molecule has 0 saturated carbocycles. The van der Waals surface area contributed by atoms with Crippen LogP contribution in [0.3, 0.4) is 0 Å². The molecule has 0 aromatic heterocycles. The molecule has 0 saturated heterocycles. The van der Waals surface area contributed by atoms with Crippen molar-refractivity contribution in [2.24, 2.45) is 11.7 Å². The lowest BCUT2D eigenvalue weighted by atomic mass is 10.1. The summed E-state index contributed by atoms with van der Waals surface area (Å²) in [6, 6.07) is 0. The molecule has 12 heavy (non-hydrogen) atoms. The van der Waals surface area contributed by atoms with Crippen molar-refractivity contribution in [3.63, 3.8) is 0 Å². The van der Waals surface area contributed by atoms with E-state index in [9.17, 15) is 0 Å². The molecule has 0 heterocycles. The predicted octanol–water partition coefficient (Wildman–Crippen LogP) is 2.18. The van der Waals surface area contributed by atoms with Crippen LogP contribution in [-0.4, -0.2) is 19.8 Å². The van der Waals surface area contributed by atoms with Crippen LogP contribution >= 0.6 is 0 Å². The van der Waals surface area contributed by atoms with E-state index in [1.165, 1.54) is 12.8 Å². The maximum atomic E-state index is 5.43. The van der Waals surface area contributed by atoms with Crippen LogP contribution < -0.4 is 5.73 Å². The first-order chi connectivity index (χ1) is 5.77. The first-order valence-corrected chi connectivity index (χ1v) is 5.05. The van der Waals surface area contributed by atoms with Gasteiger partial charge >= 0.3 is 0 Å². The van der Waals surface area contributed by atoms with Crippen molar-refractivity contribution in [3.05, 3.63) is 0 Å². The second kappa shape index (κ2) is 9.01. The molecular formula is C10H23NO. The zero-order chi connectivity index (χ0) is 9.23. The summed E-state index contributed by atoms with van der Waals surface area (Å²) in [6.07, 6.45) is 4.67. The van der Waals surface area contributed by atoms with Gasteiger partial charge in [0.05, 0.1) is 0 Å². The largest absolute Gasteiger partial charge is 0.381 e. The molecule has 0 aromatic carbocycles. The minimum Gasteiger partial charge on any atom is -0.381 e. The van der Waals surface area contributed by atoms with E-state index in [1.54, 1.807) is 0 Å². The molecule has 0 unspecified atom stereocenters. The van der Waals surface area contributed by atoms with Crippen LogP contribution in [0.2, 0.25) is 0 Å². The lowest BCUT2D eigenvalue weighted by Crippen LogP contribution is -2.03. The van der Waals surface area contributed by atoms with Crippen molar-refractivity contribution in [1.29, 1.82) is 0 Å². The van der Waals surface area contributed by atoms with E-state index in [-0.39, 0.29) is 0 Å². The molecule has 0 aliphatic rings. The van der Waals surface area contributed by atoms with Gasteiger partial charge in [-0.3, -0.25) is 0 Å². The molecule has 0 aromatic rings. The fourth-order valence-corrected chi connectivity index (χ4v) is 1.04. The van der Waals surface area contributed by atoms with Crippen LogP contribution in [0.1, 0.15) is 39.5 Å². The number of rotatable bonds is 8. The molecular weight excluding hydrogens is 150 g/mol. The molecule has 0 fully saturated rings. The summed E-state index contributed by atoms with van der Waals surface area (Å²) in [5, 5.41) is 0. The van der Waals surface area contributed by atoms with E-state index < -0.39 is 0 Å². The predicted molar refractivity (Wildman–Crippen MR) is 53.2 cm³/mol. The van der Waals surface area contributed by atoms with Crippen molar-refractivity contribution >= 4 is 0 Å². The molecule has 0 spiro atoms. The second-order valence-electron chi connectivity index (χ2n) is 3.64. The van der Waals surface area contributed by atoms with Crippen molar-refractivity contribution in [3.8, 4) is 0 Å². The highest BCUT2D eigenvalue weighted by molar-refractivity contribution is 4.45. The third-order valence-electron chi connectivity index (χ3n) is 1.81. The summed E-state index contributed by atoms with van der Waals surface area (Å²) in [5.41, 5.74) is 5.35. The van der Waals surface area contributed by atoms with Gasteiger partial charge in [0.15, 0.2) is 0 Å². The van der Waals surface area contributed by atoms with Crippen LogP contribution in [0.15, 0.2) is 0 Å². The van der Waals surface area contributed by atoms with Gasteiger partial charge in [-0.15, -0.1) is 0 Å². The van der Waals surface area contributed by atoms with Crippen molar-refractivity contribution < 1.29 is 4.74 Å². The Morgan fingerprint density at radius 3 is 2.33 bits per heavy atom. The molecule has 2 N–H and O–H groups in total. The van der Waals surface area contributed by atoms with Gasteiger partial charge in [0.2, 0.25) is 0 Å². The van der Waals surface area contributed by atoms with Crippen LogP contribution in [0.25, 0.3) is 0 Å². The maximum Gasteiger partial charge on any atom is 0.0466 e. The molecule has 0 radical (unpaired) electrons. The quantitative estimate of drug-likeness (QED) is 0.571. The summed E-state index contributed by atoms with van der Waals surface area (Å²) in [4.78, 5) is 0. The molecule has 2 heteroatoms. The highest BCUT2D eigenvalue weighted by Crippen LogP contribution is 2.03.